The molecule has 0 atom stereocenters. The monoisotopic (exact) mass is 503 g/mol. The van der Waals surface area contributed by atoms with Crippen LogP contribution in [0.4, 0.5) is 4.79 Å². The third-order valence-electron chi connectivity index (χ3n) is 4.73. The van der Waals surface area contributed by atoms with Crippen LogP contribution in [0.3, 0.4) is 0 Å². The molecule has 0 aromatic heterocycles. The van der Waals surface area contributed by atoms with Crippen LogP contribution in [0.5, 0.6) is 5.75 Å². The minimum Gasteiger partial charge on any atom is -0.488 e. The summed E-state index contributed by atoms with van der Waals surface area (Å²) in [6.45, 7) is 0.422. The molecule has 0 saturated carbocycles. The molecular formula is C24H16Cl3NO3S. The number of carbonyl (C=O) groups is 2. The van der Waals surface area contributed by atoms with Gasteiger partial charge in [-0.1, -0.05) is 71.2 Å². The van der Waals surface area contributed by atoms with Gasteiger partial charge in [0.05, 0.1) is 11.4 Å². The molecular weight excluding hydrogens is 489 g/mol. The molecule has 0 unspecified atom stereocenters. The maximum Gasteiger partial charge on any atom is 0.293 e. The van der Waals surface area contributed by atoms with E-state index in [2.05, 4.69) is 0 Å². The maximum atomic E-state index is 12.9. The lowest BCUT2D eigenvalue weighted by Crippen LogP contribution is -2.27. The van der Waals surface area contributed by atoms with Crippen LogP contribution < -0.4 is 4.74 Å². The Kier molecular flexibility index (Phi) is 7.11. The van der Waals surface area contributed by atoms with Crippen LogP contribution in [0.25, 0.3) is 6.08 Å². The number of para-hydroxylation sites is 1. The van der Waals surface area contributed by atoms with Crippen LogP contribution in [-0.2, 0) is 17.9 Å². The van der Waals surface area contributed by atoms with Gasteiger partial charge in [-0.05, 0) is 59.3 Å². The topological polar surface area (TPSA) is 46.6 Å². The van der Waals surface area contributed by atoms with E-state index in [1.807, 2.05) is 36.4 Å². The molecule has 1 fully saturated rings. The number of carbonyl (C=O) groups excluding carboxylic acids is 2. The van der Waals surface area contributed by atoms with E-state index in [1.165, 1.54) is 4.90 Å². The Morgan fingerprint density at radius 2 is 1.62 bits per heavy atom. The van der Waals surface area contributed by atoms with Crippen molar-refractivity contribution in [3.63, 3.8) is 0 Å². The summed E-state index contributed by atoms with van der Waals surface area (Å²) in [5.41, 5.74) is 2.31. The average Bonchev–Trinajstić information content (AvgIpc) is 3.03. The van der Waals surface area contributed by atoms with Gasteiger partial charge in [0.15, 0.2) is 0 Å². The summed E-state index contributed by atoms with van der Waals surface area (Å²) in [7, 11) is 0. The van der Waals surface area contributed by atoms with Crippen molar-refractivity contribution in [2.24, 2.45) is 0 Å². The lowest BCUT2D eigenvalue weighted by molar-refractivity contribution is -0.123. The molecule has 3 aromatic carbocycles. The third kappa shape index (κ3) is 5.30. The van der Waals surface area contributed by atoms with Crippen molar-refractivity contribution in [1.29, 1.82) is 0 Å². The highest BCUT2D eigenvalue weighted by Gasteiger charge is 2.35. The van der Waals surface area contributed by atoms with Crippen molar-refractivity contribution in [1.82, 2.24) is 4.90 Å². The van der Waals surface area contributed by atoms with E-state index >= 15 is 0 Å². The third-order valence-corrected chi connectivity index (χ3v) is 6.48. The van der Waals surface area contributed by atoms with Crippen LogP contribution in [-0.4, -0.2) is 16.0 Å². The lowest BCUT2D eigenvalue weighted by atomic mass is 10.1. The molecule has 2 amide bonds. The number of thioether (sulfide) groups is 1. The van der Waals surface area contributed by atoms with Crippen LogP contribution in [0.1, 0.15) is 16.7 Å². The van der Waals surface area contributed by atoms with E-state index in [0.29, 0.717) is 43.5 Å². The van der Waals surface area contributed by atoms with E-state index in [0.717, 1.165) is 17.3 Å². The Bertz CT molecular complexity index is 1210. The van der Waals surface area contributed by atoms with Crippen LogP contribution in [0.15, 0.2) is 71.6 Å². The zero-order valence-electron chi connectivity index (χ0n) is 16.6. The first-order chi connectivity index (χ1) is 15.4. The summed E-state index contributed by atoms with van der Waals surface area (Å²) in [5.74, 6) is 0.230. The molecule has 0 spiro atoms. The van der Waals surface area contributed by atoms with E-state index in [-0.39, 0.29) is 17.7 Å². The molecule has 0 radical (unpaired) electrons. The summed E-state index contributed by atoms with van der Waals surface area (Å²) in [4.78, 5) is 26.9. The van der Waals surface area contributed by atoms with Crippen molar-refractivity contribution < 1.29 is 14.3 Å². The van der Waals surface area contributed by atoms with Crippen molar-refractivity contribution in [2.45, 2.75) is 13.2 Å². The molecule has 4 nitrogen and oxygen atoms in total. The number of hydrogen-bond acceptors (Lipinski definition) is 4. The van der Waals surface area contributed by atoms with Gasteiger partial charge in [0.25, 0.3) is 11.1 Å². The Labute approximate surface area is 204 Å². The first kappa shape index (κ1) is 22.7. The first-order valence-electron chi connectivity index (χ1n) is 9.56. The minimum absolute atomic E-state index is 0.0761. The predicted octanol–water partition coefficient (Wildman–Crippen LogP) is 7.46. The molecule has 1 aliphatic heterocycles. The summed E-state index contributed by atoms with van der Waals surface area (Å²) in [5, 5.41) is 1.20. The second kappa shape index (κ2) is 10.0. The van der Waals surface area contributed by atoms with Crippen LogP contribution >= 0.6 is 46.6 Å². The van der Waals surface area contributed by atoms with Gasteiger partial charge in [-0.3, -0.25) is 14.5 Å². The largest absolute Gasteiger partial charge is 0.488 e. The van der Waals surface area contributed by atoms with E-state index in [4.69, 9.17) is 39.5 Å². The number of hydrogen-bond donors (Lipinski definition) is 0. The van der Waals surface area contributed by atoms with Gasteiger partial charge >= 0.3 is 0 Å². The number of ether oxygens (including phenoxy) is 1. The number of imide groups is 1. The second-order valence-electron chi connectivity index (χ2n) is 6.96. The van der Waals surface area contributed by atoms with Gasteiger partial charge in [0.2, 0.25) is 0 Å². The number of nitrogens with zero attached hydrogens (tertiary/aromatic N) is 1. The van der Waals surface area contributed by atoms with Gasteiger partial charge in [0.1, 0.15) is 12.4 Å². The molecule has 3 aromatic rings. The van der Waals surface area contributed by atoms with Gasteiger partial charge in [-0.15, -0.1) is 0 Å². The van der Waals surface area contributed by atoms with E-state index < -0.39 is 0 Å². The van der Waals surface area contributed by atoms with Crippen molar-refractivity contribution in [2.75, 3.05) is 0 Å². The second-order valence-corrected chi connectivity index (χ2v) is 9.23. The van der Waals surface area contributed by atoms with Crippen molar-refractivity contribution in [3.05, 3.63) is 103 Å². The Hall–Kier alpha value is -2.44. The molecule has 1 saturated heterocycles. The fraction of sp³-hybridized carbons (Fsp3) is 0.0833. The average molecular weight is 505 g/mol. The lowest BCUT2D eigenvalue weighted by Gasteiger charge is -2.14. The Morgan fingerprint density at radius 3 is 2.38 bits per heavy atom. The molecule has 8 heteroatoms. The van der Waals surface area contributed by atoms with Gasteiger partial charge in [-0.25, -0.2) is 0 Å². The highest BCUT2D eigenvalue weighted by atomic mass is 35.5. The number of rotatable bonds is 6. The first-order valence-corrected chi connectivity index (χ1v) is 11.5. The normalized spacial score (nSPS) is 15.0. The zero-order valence-corrected chi connectivity index (χ0v) is 19.6. The minimum atomic E-state index is -0.376. The van der Waals surface area contributed by atoms with E-state index in [9.17, 15) is 9.59 Å². The summed E-state index contributed by atoms with van der Waals surface area (Å²) >= 11 is 18.9. The number of benzene rings is 3. The predicted molar refractivity (Wildman–Crippen MR) is 130 cm³/mol. The Balaban J connectivity index is 1.52. The van der Waals surface area contributed by atoms with Gasteiger partial charge < -0.3 is 4.74 Å². The standard InChI is InChI=1S/C24H16Cl3NO3S/c25-18-8-5-15(6-9-18)14-31-21-4-2-1-3-16(21)11-22-23(29)28(24(30)32-22)13-17-7-10-19(26)12-20(17)27/h1-12H,13-14H2/b22-11+. The molecule has 0 N–H and O–H groups in total. The van der Waals surface area contributed by atoms with Crippen LogP contribution in [0.2, 0.25) is 15.1 Å². The number of amides is 2. The van der Waals surface area contributed by atoms with Crippen molar-refractivity contribution >= 4 is 63.8 Å². The molecule has 32 heavy (non-hydrogen) atoms. The molecule has 0 bridgehead atoms. The van der Waals surface area contributed by atoms with E-state index in [1.54, 1.807) is 36.4 Å². The summed E-state index contributed by atoms with van der Waals surface area (Å²) < 4.78 is 5.95. The van der Waals surface area contributed by atoms with Gasteiger partial charge in [-0.2, -0.15) is 0 Å². The molecule has 1 heterocycles. The number of halogens is 3. The zero-order chi connectivity index (χ0) is 22.7. The smallest absolute Gasteiger partial charge is 0.293 e. The fourth-order valence-corrected chi connectivity index (χ4v) is 4.49. The fourth-order valence-electron chi connectivity index (χ4n) is 3.07. The SMILES string of the molecule is O=C1S/C(=C/c2ccccc2OCc2ccc(Cl)cc2)C(=O)N1Cc1ccc(Cl)cc1Cl. The summed E-state index contributed by atoms with van der Waals surface area (Å²) in [6, 6.07) is 19.7. The maximum absolute atomic E-state index is 12.9. The summed E-state index contributed by atoms with van der Waals surface area (Å²) in [6.07, 6.45) is 1.67. The van der Waals surface area contributed by atoms with Gasteiger partial charge in [0, 0.05) is 20.6 Å². The highest BCUT2D eigenvalue weighted by molar-refractivity contribution is 8.18. The quantitative estimate of drug-likeness (QED) is 0.327. The molecule has 162 valence electrons. The van der Waals surface area contributed by atoms with Crippen molar-refractivity contribution in [3.8, 4) is 5.75 Å². The molecule has 1 aliphatic rings. The van der Waals surface area contributed by atoms with Crippen LogP contribution in [0, 0.1) is 0 Å². The Morgan fingerprint density at radius 1 is 0.906 bits per heavy atom. The highest BCUT2D eigenvalue weighted by Crippen LogP contribution is 2.36. The molecule has 0 aliphatic carbocycles. The molecule has 4 rings (SSSR count).